The molecule has 27 heavy (non-hydrogen) atoms. The molecule has 0 saturated heterocycles. The molecular formula is C20H21N3O4. The lowest BCUT2D eigenvalue weighted by Crippen LogP contribution is -2.43. The summed E-state index contributed by atoms with van der Waals surface area (Å²) in [6.07, 6.45) is 1.84. The SMILES string of the molecule is COCCOc1ccc(C(=O)NNC(=O)Cn2ccc3ccccc32)cc1. The van der Waals surface area contributed by atoms with Crippen molar-refractivity contribution in [2.45, 2.75) is 6.54 Å². The summed E-state index contributed by atoms with van der Waals surface area (Å²) in [4.78, 5) is 24.3. The van der Waals surface area contributed by atoms with E-state index in [0.717, 1.165) is 10.9 Å². The number of carbonyl (C=O) groups excluding carboxylic acids is 2. The fourth-order valence-electron chi connectivity index (χ4n) is 2.62. The number of nitrogens with zero attached hydrogens (tertiary/aromatic N) is 1. The lowest BCUT2D eigenvalue weighted by molar-refractivity contribution is -0.122. The highest BCUT2D eigenvalue weighted by atomic mass is 16.5. The van der Waals surface area contributed by atoms with Crippen LogP contribution in [-0.2, 0) is 16.1 Å². The van der Waals surface area contributed by atoms with Gasteiger partial charge < -0.3 is 14.0 Å². The van der Waals surface area contributed by atoms with Crippen LogP contribution < -0.4 is 15.6 Å². The highest BCUT2D eigenvalue weighted by molar-refractivity contribution is 5.95. The highest BCUT2D eigenvalue weighted by Gasteiger charge is 2.09. The Morgan fingerprint density at radius 2 is 1.74 bits per heavy atom. The lowest BCUT2D eigenvalue weighted by atomic mass is 10.2. The number of nitrogens with one attached hydrogen (secondary N) is 2. The van der Waals surface area contributed by atoms with Crippen LogP contribution in [0, 0.1) is 0 Å². The third kappa shape index (κ3) is 4.86. The van der Waals surface area contributed by atoms with E-state index in [4.69, 9.17) is 9.47 Å². The van der Waals surface area contributed by atoms with E-state index in [-0.39, 0.29) is 12.5 Å². The Balaban J connectivity index is 1.50. The van der Waals surface area contributed by atoms with Crippen LogP contribution in [0.4, 0.5) is 0 Å². The first-order chi connectivity index (χ1) is 13.2. The number of rotatable bonds is 7. The van der Waals surface area contributed by atoms with Gasteiger partial charge in [0.25, 0.3) is 11.8 Å². The molecule has 0 bridgehead atoms. The Labute approximate surface area is 156 Å². The molecule has 0 aliphatic rings. The second-order valence-corrected chi connectivity index (χ2v) is 5.87. The van der Waals surface area contributed by atoms with E-state index >= 15 is 0 Å². The van der Waals surface area contributed by atoms with Crippen LogP contribution in [-0.4, -0.2) is 36.7 Å². The minimum Gasteiger partial charge on any atom is -0.491 e. The zero-order valence-corrected chi connectivity index (χ0v) is 15.0. The Morgan fingerprint density at radius 1 is 0.963 bits per heavy atom. The van der Waals surface area contributed by atoms with Crippen LogP contribution in [0.1, 0.15) is 10.4 Å². The third-order valence-corrected chi connectivity index (χ3v) is 3.98. The van der Waals surface area contributed by atoms with Crippen LogP contribution in [0.15, 0.2) is 60.8 Å². The summed E-state index contributed by atoms with van der Waals surface area (Å²) in [6, 6.07) is 16.4. The molecule has 0 aliphatic heterocycles. The molecule has 1 aromatic heterocycles. The second-order valence-electron chi connectivity index (χ2n) is 5.87. The molecule has 0 unspecified atom stereocenters. The van der Waals surface area contributed by atoms with E-state index < -0.39 is 5.91 Å². The number of ether oxygens (including phenoxy) is 2. The minimum atomic E-state index is -0.399. The molecule has 2 aromatic carbocycles. The van der Waals surface area contributed by atoms with Crippen LogP contribution in [0.25, 0.3) is 10.9 Å². The number of fused-ring (bicyclic) bond motifs is 1. The van der Waals surface area contributed by atoms with Gasteiger partial charge in [0.2, 0.25) is 0 Å². The summed E-state index contributed by atoms with van der Waals surface area (Å²) in [5.74, 6) is -0.0690. The molecule has 2 amide bonds. The molecule has 0 radical (unpaired) electrons. The molecule has 0 saturated carbocycles. The molecule has 3 rings (SSSR count). The van der Waals surface area contributed by atoms with Gasteiger partial charge in [-0.25, -0.2) is 0 Å². The molecular weight excluding hydrogens is 346 g/mol. The summed E-state index contributed by atoms with van der Waals surface area (Å²) in [6.45, 7) is 1.04. The number of hydrogen-bond donors (Lipinski definition) is 2. The van der Waals surface area contributed by atoms with Gasteiger partial charge in [-0.3, -0.25) is 20.4 Å². The van der Waals surface area contributed by atoms with Crippen molar-refractivity contribution >= 4 is 22.7 Å². The second kappa shape index (κ2) is 8.86. The first-order valence-electron chi connectivity index (χ1n) is 8.52. The van der Waals surface area contributed by atoms with Crippen molar-refractivity contribution in [1.82, 2.24) is 15.4 Å². The van der Waals surface area contributed by atoms with Crippen molar-refractivity contribution < 1.29 is 19.1 Å². The van der Waals surface area contributed by atoms with Gasteiger partial charge in [0, 0.05) is 24.4 Å². The monoisotopic (exact) mass is 367 g/mol. The fourth-order valence-corrected chi connectivity index (χ4v) is 2.62. The van der Waals surface area contributed by atoms with Gasteiger partial charge in [0.1, 0.15) is 18.9 Å². The van der Waals surface area contributed by atoms with Gasteiger partial charge in [-0.15, -0.1) is 0 Å². The molecule has 7 nitrogen and oxygen atoms in total. The molecule has 1 heterocycles. The zero-order valence-electron chi connectivity index (χ0n) is 15.0. The van der Waals surface area contributed by atoms with Crippen LogP contribution in [0.2, 0.25) is 0 Å². The quantitative estimate of drug-likeness (QED) is 0.495. The molecule has 140 valence electrons. The van der Waals surface area contributed by atoms with Crippen LogP contribution >= 0.6 is 0 Å². The smallest absolute Gasteiger partial charge is 0.269 e. The molecule has 0 aliphatic carbocycles. The van der Waals surface area contributed by atoms with Gasteiger partial charge >= 0.3 is 0 Å². The van der Waals surface area contributed by atoms with Crippen molar-refractivity contribution in [2.24, 2.45) is 0 Å². The minimum absolute atomic E-state index is 0.111. The van der Waals surface area contributed by atoms with Crippen LogP contribution in [0.5, 0.6) is 5.75 Å². The third-order valence-electron chi connectivity index (χ3n) is 3.98. The van der Waals surface area contributed by atoms with Crippen molar-refractivity contribution in [3.63, 3.8) is 0 Å². The van der Waals surface area contributed by atoms with Crippen molar-refractivity contribution in [1.29, 1.82) is 0 Å². The molecule has 0 fully saturated rings. The van der Waals surface area contributed by atoms with E-state index in [2.05, 4.69) is 10.9 Å². The predicted octanol–water partition coefficient (Wildman–Crippen LogP) is 2.13. The summed E-state index contributed by atoms with van der Waals surface area (Å²) < 4.78 is 12.2. The molecule has 2 N–H and O–H groups in total. The number of methoxy groups -OCH3 is 1. The van der Waals surface area contributed by atoms with Crippen molar-refractivity contribution in [3.8, 4) is 5.75 Å². The van der Waals surface area contributed by atoms with E-state index in [1.165, 1.54) is 0 Å². The van der Waals surface area contributed by atoms with E-state index in [1.807, 2.05) is 41.1 Å². The van der Waals surface area contributed by atoms with Crippen LogP contribution in [0.3, 0.4) is 0 Å². The number of aromatic nitrogens is 1. The Morgan fingerprint density at radius 3 is 2.52 bits per heavy atom. The van der Waals surface area contributed by atoms with Gasteiger partial charge in [-0.1, -0.05) is 18.2 Å². The first-order valence-corrected chi connectivity index (χ1v) is 8.52. The van der Waals surface area contributed by atoms with Gasteiger partial charge in [-0.05, 0) is 41.8 Å². The van der Waals surface area contributed by atoms with Gasteiger partial charge in [0.15, 0.2) is 0 Å². The topological polar surface area (TPSA) is 81.6 Å². The summed E-state index contributed by atoms with van der Waals surface area (Å²) in [7, 11) is 1.60. The van der Waals surface area contributed by atoms with E-state index in [9.17, 15) is 9.59 Å². The normalized spacial score (nSPS) is 10.6. The maximum atomic E-state index is 12.1. The number of hydrazine groups is 1. The number of hydrogen-bond acceptors (Lipinski definition) is 4. The Kier molecular flexibility index (Phi) is 6.06. The van der Waals surface area contributed by atoms with Gasteiger partial charge in [0.05, 0.1) is 6.61 Å². The summed E-state index contributed by atoms with van der Waals surface area (Å²) >= 11 is 0. The summed E-state index contributed by atoms with van der Waals surface area (Å²) in [5, 5.41) is 1.06. The molecule has 0 atom stereocenters. The average Bonchev–Trinajstić information content (AvgIpc) is 3.10. The number of amides is 2. The highest BCUT2D eigenvalue weighted by Crippen LogP contribution is 2.14. The zero-order chi connectivity index (χ0) is 19.1. The number of para-hydroxylation sites is 1. The fraction of sp³-hybridized carbons (Fsp3) is 0.200. The largest absolute Gasteiger partial charge is 0.491 e. The lowest BCUT2D eigenvalue weighted by Gasteiger charge is -2.10. The van der Waals surface area contributed by atoms with E-state index in [0.29, 0.717) is 24.5 Å². The maximum absolute atomic E-state index is 12.1. The number of carbonyl (C=O) groups is 2. The van der Waals surface area contributed by atoms with Crippen molar-refractivity contribution in [2.75, 3.05) is 20.3 Å². The van der Waals surface area contributed by atoms with Crippen molar-refractivity contribution in [3.05, 3.63) is 66.4 Å². The number of benzene rings is 2. The Bertz CT molecular complexity index is 918. The standard InChI is InChI=1S/C20H21N3O4/c1-26-12-13-27-17-8-6-16(7-9-17)20(25)22-21-19(24)14-23-11-10-15-4-2-3-5-18(15)23/h2-11H,12-14H2,1H3,(H,21,24)(H,22,25). The molecule has 3 aromatic rings. The van der Waals surface area contributed by atoms with E-state index in [1.54, 1.807) is 31.4 Å². The first kappa shape index (κ1) is 18.5. The average molecular weight is 367 g/mol. The molecule has 0 spiro atoms. The predicted molar refractivity (Wildman–Crippen MR) is 101 cm³/mol. The maximum Gasteiger partial charge on any atom is 0.269 e. The Hall–Kier alpha value is -3.32. The summed E-state index contributed by atoms with van der Waals surface area (Å²) in [5.41, 5.74) is 6.23. The molecule has 7 heteroatoms. The van der Waals surface area contributed by atoms with Gasteiger partial charge in [-0.2, -0.15) is 0 Å².